The molecule has 0 aromatic carbocycles. The van der Waals surface area contributed by atoms with E-state index in [2.05, 4.69) is 16.8 Å². The first kappa shape index (κ1) is 12.5. The Hall–Kier alpha value is -0.490. The second-order valence-electron chi connectivity index (χ2n) is 5.43. The second-order valence-corrected chi connectivity index (χ2v) is 6.60. The molecule has 1 N–H and O–H groups in total. The van der Waals surface area contributed by atoms with E-state index >= 15 is 0 Å². The summed E-state index contributed by atoms with van der Waals surface area (Å²) in [5.74, 6) is 0.643. The zero-order valence-corrected chi connectivity index (χ0v) is 11.7. The monoisotopic (exact) mass is 267 g/mol. The summed E-state index contributed by atoms with van der Waals surface area (Å²) < 4.78 is 0. The summed E-state index contributed by atoms with van der Waals surface area (Å²) in [6, 6.07) is 0. The van der Waals surface area contributed by atoms with Crippen molar-refractivity contribution >= 4 is 11.3 Å². The molecule has 1 saturated carbocycles. The van der Waals surface area contributed by atoms with Crippen molar-refractivity contribution in [2.45, 2.75) is 31.9 Å². The number of aliphatic hydroxyl groups excluding tert-OH is 1. The van der Waals surface area contributed by atoms with Gasteiger partial charge < -0.3 is 10.0 Å². The number of hydrogen-bond donors (Lipinski definition) is 1. The van der Waals surface area contributed by atoms with Crippen LogP contribution in [-0.2, 0) is 13.2 Å². The Kier molecular flexibility index (Phi) is 3.66. The molecule has 1 saturated heterocycles. The van der Waals surface area contributed by atoms with E-state index in [0.29, 0.717) is 5.92 Å². The summed E-state index contributed by atoms with van der Waals surface area (Å²) in [7, 11) is 2.18. The van der Waals surface area contributed by atoms with Gasteiger partial charge >= 0.3 is 0 Å². The Labute approximate surface area is 112 Å². The minimum atomic E-state index is 0.159. The van der Waals surface area contributed by atoms with Gasteiger partial charge in [-0.1, -0.05) is 0 Å². The van der Waals surface area contributed by atoms with E-state index in [4.69, 9.17) is 4.98 Å². The average molecular weight is 267 g/mol. The highest BCUT2D eigenvalue weighted by Gasteiger charge is 2.29. The van der Waals surface area contributed by atoms with Crippen molar-refractivity contribution in [3.8, 4) is 0 Å². The third-order valence-corrected chi connectivity index (χ3v) is 4.87. The lowest BCUT2D eigenvalue weighted by atomic mass is 10.2. The molecule has 4 nitrogen and oxygen atoms in total. The van der Waals surface area contributed by atoms with Gasteiger partial charge in [0, 0.05) is 32.1 Å². The quantitative estimate of drug-likeness (QED) is 0.891. The fourth-order valence-corrected chi connectivity index (χ4v) is 3.52. The van der Waals surface area contributed by atoms with Crippen molar-refractivity contribution in [1.29, 1.82) is 0 Å². The van der Waals surface area contributed by atoms with E-state index in [1.165, 1.54) is 23.5 Å². The Morgan fingerprint density at radius 1 is 1.28 bits per heavy atom. The van der Waals surface area contributed by atoms with Crippen LogP contribution in [0, 0.1) is 0 Å². The normalized spacial score (nSPS) is 22.6. The van der Waals surface area contributed by atoms with Crippen molar-refractivity contribution < 1.29 is 5.11 Å². The van der Waals surface area contributed by atoms with E-state index in [1.54, 1.807) is 11.3 Å². The molecule has 0 radical (unpaired) electrons. The van der Waals surface area contributed by atoms with Gasteiger partial charge in [-0.15, -0.1) is 11.3 Å². The maximum atomic E-state index is 9.40. The van der Waals surface area contributed by atoms with Gasteiger partial charge in [0.05, 0.1) is 23.7 Å². The molecule has 1 aliphatic carbocycles. The molecule has 2 fully saturated rings. The molecule has 0 bridgehead atoms. The van der Waals surface area contributed by atoms with E-state index in [-0.39, 0.29) is 6.61 Å². The highest BCUT2D eigenvalue weighted by atomic mass is 32.1. The topological polar surface area (TPSA) is 39.6 Å². The van der Waals surface area contributed by atoms with E-state index in [9.17, 15) is 5.11 Å². The fourth-order valence-electron chi connectivity index (χ4n) is 2.47. The zero-order chi connectivity index (χ0) is 12.5. The van der Waals surface area contributed by atoms with Gasteiger partial charge in [-0.2, -0.15) is 0 Å². The fraction of sp³-hybridized carbons (Fsp3) is 0.769. The Morgan fingerprint density at radius 2 is 2.00 bits per heavy atom. The highest BCUT2D eigenvalue weighted by molar-refractivity contribution is 7.11. The van der Waals surface area contributed by atoms with Gasteiger partial charge in [0.1, 0.15) is 5.01 Å². The molecule has 1 aromatic rings. The molecule has 18 heavy (non-hydrogen) atoms. The Morgan fingerprint density at radius 3 is 2.61 bits per heavy atom. The van der Waals surface area contributed by atoms with Crippen LogP contribution in [0.5, 0.6) is 0 Å². The number of thiazole rings is 1. The van der Waals surface area contributed by atoms with E-state index in [0.717, 1.165) is 37.6 Å². The molecule has 3 rings (SSSR count). The van der Waals surface area contributed by atoms with Crippen LogP contribution >= 0.6 is 11.3 Å². The molecule has 0 unspecified atom stereocenters. The molecule has 2 heterocycles. The van der Waals surface area contributed by atoms with Crippen LogP contribution in [0.1, 0.15) is 34.3 Å². The van der Waals surface area contributed by atoms with Crippen molar-refractivity contribution in [2.75, 3.05) is 33.2 Å². The largest absolute Gasteiger partial charge is 0.391 e. The van der Waals surface area contributed by atoms with Crippen LogP contribution in [0.15, 0.2) is 0 Å². The molecule has 0 atom stereocenters. The maximum absolute atomic E-state index is 9.40. The van der Waals surface area contributed by atoms with Crippen LogP contribution in [0.4, 0.5) is 0 Å². The maximum Gasteiger partial charge on any atom is 0.107 e. The van der Waals surface area contributed by atoms with E-state index in [1.807, 2.05) is 0 Å². The summed E-state index contributed by atoms with van der Waals surface area (Å²) in [4.78, 5) is 10.7. The smallest absolute Gasteiger partial charge is 0.107 e. The SMILES string of the molecule is CN1CCN(Cc2nc(C3CC3)c(CO)s2)CC1. The summed E-state index contributed by atoms with van der Waals surface area (Å²) in [5, 5.41) is 10.6. The van der Waals surface area contributed by atoms with Gasteiger partial charge in [-0.3, -0.25) is 4.90 Å². The first-order valence-electron chi connectivity index (χ1n) is 6.76. The minimum Gasteiger partial charge on any atom is -0.391 e. The first-order chi connectivity index (χ1) is 8.76. The highest BCUT2D eigenvalue weighted by Crippen LogP contribution is 2.42. The van der Waals surface area contributed by atoms with Gasteiger partial charge in [-0.05, 0) is 19.9 Å². The summed E-state index contributed by atoms with van der Waals surface area (Å²) in [6.07, 6.45) is 2.51. The molecule has 5 heteroatoms. The van der Waals surface area contributed by atoms with Crippen molar-refractivity contribution in [2.24, 2.45) is 0 Å². The Balaban J connectivity index is 1.65. The third-order valence-electron chi connectivity index (χ3n) is 3.83. The summed E-state index contributed by atoms with van der Waals surface area (Å²) in [6.45, 7) is 5.67. The lowest BCUT2D eigenvalue weighted by Gasteiger charge is -2.31. The molecule has 100 valence electrons. The van der Waals surface area contributed by atoms with Crippen molar-refractivity contribution in [3.63, 3.8) is 0 Å². The van der Waals surface area contributed by atoms with Crippen LogP contribution < -0.4 is 0 Å². The molecule has 1 aliphatic heterocycles. The number of aliphatic hydroxyl groups is 1. The molecule has 2 aliphatic rings. The van der Waals surface area contributed by atoms with Crippen molar-refractivity contribution in [1.82, 2.24) is 14.8 Å². The second kappa shape index (κ2) is 5.25. The zero-order valence-electron chi connectivity index (χ0n) is 10.9. The Bertz CT molecular complexity index is 408. The first-order valence-corrected chi connectivity index (χ1v) is 7.58. The predicted molar refractivity (Wildman–Crippen MR) is 72.8 cm³/mol. The molecular weight excluding hydrogens is 246 g/mol. The number of rotatable bonds is 4. The third kappa shape index (κ3) is 2.74. The van der Waals surface area contributed by atoms with Crippen molar-refractivity contribution in [3.05, 3.63) is 15.6 Å². The molecule has 0 amide bonds. The number of nitrogens with zero attached hydrogens (tertiary/aromatic N) is 3. The molecular formula is C13H21N3OS. The number of hydrogen-bond acceptors (Lipinski definition) is 5. The van der Waals surface area contributed by atoms with Gasteiger partial charge in [-0.25, -0.2) is 4.98 Å². The summed E-state index contributed by atoms with van der Waals surface area (Å²) in [5.41, 5.74) is 1.19. The minimum absolute atomic E-state index is 0.159. The standard InChI is InChI=1S/C13H21N3OS/c1-15-4-6-16(7-5-15)8-12-14-13(10-2-3-10)11(9-17)18-12/h10,17H,2-9H2,1H3. The van der Waals surface area contributed by atoms with Crippen LogP contribution in [-0.4, -0.2) is 53.1 Å². The van der Waals surface area contributed by atoms with Crippen LogP contribution in [0.25, 0.3) is 0 Å². The van der Waals surface area contributed by atoms with Crippen LogP contribution in [0.2, 0.25) is 0 Å². The van der Waals surface area contributed by atoms with Crippen LogP contribution in [0.3, 0.4) is 0 Å². The van der Waals surface area contributed by atoms with E-state index < -0.39 is 0 Å². The molecule has 0 spiro atoms. The predicted octanol–water partition coefficient (Wildman–Crippen LogP) is 1.26. The lowest BCUT2D eigenvalue weighted by molar-refractivity contribution is 0.148. The average Bonchev–Trinajstić information content (AvgIpc) is 3.14. The van der Waals surface area contributed by atoms with Gasteiger partial charge in [0.25, 0.3) is 0 Å². The number of likely N-dealkylation sites (N-methyl/N-ethyl adjacent to an activating group) is 1. The molecule has 1 aromatic heterocycles. The number of piperazine rings is 1. The van der Waals surface area contributed by atoms with Gasteiger partial charge in [0.15, 0.2) is 0 Å². The lowest BCUT2D eigenvalue weighted by Crippen LogP contribution is -2.43. The van der Waals surface area contributed by atoms with Gasteiger partial charge in [0.2, 0.25) is 0 Å². The number of aromatic nitrogens is 1. The summed E-state index contributed by atoms with van der Waals surface area (Å²) >= 11 is 1.71.